The highest BCUT2D eigenvalue weighted by Crippen LogP contribution is 2.35. The van der Waals surface area contributed by atoms with E-state index in [9.17, 15) is 9.50 Å². The first-order chi connectivity index (χ1) is 8.49. The molecule has 1 aliphatic carbocycles. The van der Waals surface area contributed by atoms with Gasteiger partial charge in [0.1, 0.15) is 11.6 Å². The molecule has 0 saturated heterocycles. The van der Waals surface area contributed by atoms with Crippen molar-refractivity contribution in [1.29, 1.82) is 0 Å². The zero-order valence-electron chi connectivity index (χ0n) is 11.2. The molecule has 0 radical (unpaired) electrons. The molecule has 2 rings (SSSR count). The van der Waals surface area contributed by atoms with Crippen molar-refractivity contribution in [1.82, 2.24) is 5.32 Å². The van der Waals surface area contributed by atoms with Crippen LogP contribution in [0.25, 0.3) is 0 Å². The van der Waals surface area contributed by atoms with Gasteiger partial charge in [0.15, 0.2) is 0 Å². The van der Waals surface area contributed by atoms with Crippen LogP contribution in [0.15, 0.2) is 18.2 Å². The molecule has 0 aromatic heterocycles. The molecule has 2 N–H and O–H groups in total. The topological polar surface area (TPSA) is 32.3 Å². The summed E-state index contributed by atoms with van der Waals surface area (Å²) >= 11 is 0. The normalized spacial score (nSPS) is 22.9. The predicted molar refractivity (Wildman–Crippen MR) is 70.9 cm³/mol. The van der Waals surface area contributed by atoms with E-state index in [1.807, 2.05) is 0 Å². The third-order valence-electron chi connectivity index (χ3n) is 4.09. The Morgan fingerprint density at radius 3 is 2.89 bits per heavy atom. The zero-order chi connectivity index (χ0) is 13.2. The molecule has 0 spiro atoms. The molecule has 1 unspecified atom stereocenters. The van der Waals surface area contributed by atoms with Crippen LogP contribution in [0.4, 0.5) is 4.39 Å². The van der Waals surface area contributed by atoms with E-state index in [4.69, 9.17) is 0 Å². The molecule has 1 aromatic rings. The maximum absolute atomic E-state index is 13.1. The van der Waals surface area contributed by atoms with Crippen LogP contribution in [-0.2, 0) is 6.54 Å². The summed E-state index contributed by atoms with van der Waals surface area (Å²) in [6.45, 7) is 5.07. The van der Waals surface area contributed by atoms with Crippen LogP contribution in [0.2, 0.25) is 0 Å². The number of halogens is 1. The second-order valence-electron chi connectivity index (χ2n) is 5.94. The summed E-state index contributed by atoms with van der Waals surface area (Å²) < 4.78 is 13.1. The second-order valence-corrected chi connectivity index (χ2v) is 5.94. The van der Waals surface area contributed by atoms with Crippen molar-refractivity contribution < 1.29 is 9.50 Å². The fourth-order valence-corrected chi connectivity index (χ4v) is 2.80. The van der Waals surface area contributed by atoms with E-state index in [0.29, 0.717) is 18.2 Å². The SMILES string of the molecule is CC1(C)CCCCC1NCc1cc(F)ccc1O. The Morgan fingerprint density at radius 2 is 2.17 bits per heavy atom. The van der Waals surface area contributed by atoms with E-state index < -0.39 is 0 Å². The maximum Gasteiger partial charge on any atom is 0.123 e. The fourth-order valence-electron chi connectivity index (χ4n) is 2.80. The largest absolute Gasteiger partial charge is 0.508 e. The minimum Gasteiger partial charge on any atom is -0.508 e. The molecule has 18 heavy (non-hydrogen) atoms. The van der Waals surface area contributed by atoms with Crippen molar-refractivity contribution in [2.75, 3.05) is 0 Å². The van der Waals surface area contributed by atoms with E-state index in [1.165, 1.54) is 37.5 Å². The summed E-state index contributed by atoms with van der Waals surface area (Å²) in [5.41, 5.74) is 0.914. The van der Waals surface area contributed by atoms with Crippen molar-refractivity contribution >= 4 is 0 Å². The number of nitrogens with one attached hydrogen (secondary N) is 1. The molecule has 1 saturated carbocycles. The van der Waals surface area contributed by atoms with Gasteiger partial charge in [-0.05, 0) is 36.5 Å². The van der Waals surface area contributed by atoms with Gasteiger partial charge in [0.2, 0.25) is 0 Å². The standard InChI is InChI=1S/C15H22FNO/c1-15(2)8-4-3-5-14(15)17-10-11-9-12(16)6-7-13(11)18/h6-7,9,14,17-18H,3-5,8,10H2,1-2H3. The number of hydrogen-bond donors (Lipinski definition) is 2. The molecular weight excluding hydrogens is 229 g/mol. The first-order valence-electron chi connectivity index (χ1n) is 6.70. The third-order valence-corrected chi connectivity index (χ3v) is 4.09. The van der Waals surface area contributed by atoms with Gasteiger partial charge in [0.25, 0.3) is 0 Å². The summed E-state index contributed by atoms with van der Waals surface area (Å²) in [5, 5.41) is 13.2. The van der Waals surface area contributed by atoms with Crippen LogP contribution in [0, 0.1) is 11.2 Å². The van der Waals surface area contributed by atoms with Crippen molar-refractivity contribution in [3.8, 4) is 5.75 Å². The Hall–Kier alpha value is -1.09. The van der Waals surface area contributed by atoms with Crippen molar-refractivity contribution in [3.63, 3.8) is 0 Å². The van der Waals surface area contributed by atoms with Crippen molar-refractivity contribution in [2.45, 2.75) is 52.1 Å². The molecule has 1 fully saturated rings. The lowest BCUT2D eigenvalue weighted by Crippen LogP contribution is -2.43. The molecule has 100 valence electrons. The second kappa shape index (κ2) is 5.27. The molecule has 2 nitrogen and oxygen atoms in total. The van der Waals surface area contributed by atoms with E-state index in [0.717, 1.165) is 6.42 Å². The monoisotopic (exact) mass is 251 g/mol. The van der Waals surface area contributed by atoms with Crippen LogP contribution in [0.3, 0.4) is 0 Å². The highest BCUT2D eigenvalue weighted by atomic mass is 19.1. The average molecular weight is 251 g/mol. The van der Waals surface area contributed by atoms with Gasteiger partial charge in [-0.15, -0.1) is 0 Å². The van der Waals surface area contributed by atoms with Gasteiger partial charge in [0, 0.05) is 18.2 Å². The quantitative estimate of drug-likeness (QED) is 0.860. The molecule has 0 bridgehead atoms. The molecule has 0 aliphatic heterocycles. The van der Waals surface area contributed by atoms with Gasteiger partial charge in [-0.25, -0.2) is 4.39 Å². The Kier molecular flexibility index (Phi) is 3.91. The summed E-state index contributed by atoms with van der Waals surface area (Å²) in [6, 6.07) is 4.54. The predicted octanol–water partition coefficient (Wildman–Crippen LogP) is 3.59. The summed E-state index contributed by atoms with van der Waals surface area (Å²) in [4.78, 5) is 0. The Bertz CT molecular complexity index is 417. The van der Waals surface area contributed by atoms with Crippen LogP contribution in [0.5, 0.6) is 5.75 Å². The number of phenolic OH excluding ortho intramolecular Hbond substituents is 1. The lowest BCUT2D eigenvalue weighted by molar-refractivity contribution is 0.166. The molecular formula is C15H22FNO. The zero-order valence-corrected chi connectivity index (χ0v) is 11.2. The van der Waals surface area contributed by atoms with Crippen LogP contribution < -0.4 is 5.32 Å². The number of aromatic hydroxyl groups is 1. The fraction of sp³-hybridized carbons (Fsp3) is 0.600. The van der Waals surface area contributed by atoms with Crippen LogP contribution in [0.1, 0.15) is 45.1 Å². The number of hydrogen-bond acceptors (Lipinski definition) is 2. The Morgan fingerprint density at radius 1 is 1.39 bits per heavy atom. The lowest BCUT2D eigenvalue weighted by atomic mass is 9.73. The van der Waals surface area contributed by atoms with Gasteiger partial charge >= 0.3 is 0 Å². The van der Waals surface area contributed by atoms with Gasteiger partial charge in [-0.1, -0.05) is 26.7 Å². The van der Waals surface area contributed by atoms with E-state index in [-0.39, 0.29) is 17.0 Å². The highest BCUT2D eigenvalue weighted by molar-refractivity contribution is 5.32. The van der Waals surface area contributed by atoms with Crippen LogP contribution >= 0.6 is 0 Å². The van der Waals surface area contributed by atoms with Gasteiger partial charge in [-0.3, -0.25) is 0 Å². The van der Waals surface area contributed by atoms with Gasteiger partial charge in [0.05, 0.1) is 0 Å². The third kappa shape index (κ3) is 3.02. The molecule has 1 aliphatic rings. The first kappa shape index (κ1) is 13.3. The summed E-state index contributed by atoms with van der Waals surface area (Å²) in [7, 11) is 0. The van der Waals surface area contributed by atoms with E-state index >= 15 is 0 Å². The average Bonchev–Trinajstić information content (AvgIpc) is 2.31. The minimum atomic E-state index is -0.299. The molecule has 1 atom stereocenters. The molecule has 0 heterocycles. The Labute approximate surface area is 108 Å². The van der Waals surface area contributed by atoms with E-state index in [1.54, 1.807) is 0 Å². The number of phenols is 1. The number of benzene rings is 1. The molecule has 0 amide bonds. The van der Waals surface area contributed by atoms with Crippen molar-refractivity contribution in [3.05, 3.63) is 29.6 Å². The number of rotatable bonds is 3. The van der Waals surface area contributed by atoms with Crippen molar-refractivity contribution in [2.24, 2.45) is 5.41 Å². The Balaban J connectivity index is 2.00. The van der Waals surface area contributed by atoms with Crippen LogP contribution in [-0.4, -0.2) is 11.1 Å². The molecule has 1 aromatic carbocycles. The van der Waals surface area contributed by atoms with Gasteiger partial charge in [-0.2, -0.15) is 0 Å². The smallest absolute Gasteiger partial charge is 0.123 e. The lowest BCUT2D eigenvalue weighted by Gasteiger charge is -2.39. The van der Waals surface area contributed by atoms with E-state index in [2.05, 4.69) is 19.2 Å². The summed E-state index contributed by atoms with van der Waals surface area (Å²) in [6.07, 6.45) is 4.91. The molecule has 3 heteroatoms. The minimum absolute atomic E-state index is 0.164. The maximum atomic E-state index is 13.1. The summed E-state index contributed by atoms with van der Waals surface area (Å²) in [5.74, 6) is -0.134. The highest BCUT2D eigenvalue weighted by Gasteiger charge is 2.31. The van der Waals surface area contributed by atoms with Gasteiger partial charge < -0.3 is 10.4 Å². The first-order valence-corrected chi connectivity index (χ1v) is 6.70.